The van der Waals surface area contributed by atoms with Gasteiger partial charge in [-0.15, -0.1) is 0 Å². The van der Waals surface area contributed by atoms with E-state index in [4.69, 9.17) is 9.47 Å². The molecule has 1 aromatic carbocycles. The summed E-state index contributed by atoms with van der Waals surface area (Å²) in [6, 6.07) is 5.04. The van der Waals surface area contributed by atoms with E-state index in [1.54, 1.807) is 32.2 Å². The van der Waals surface area contributed by atoms with Crippen molar-refractivity contribution >= 4 is 5.78 Å². The minimum atomic E-state index is -0.0871. The lowest BCUT2D eigenvalue weighted by Gasteiger charge is -2.08. The maximum Gasteiger partial charge on any atom is 0.188 e. The summed E-state index contributed by atoms with van der Waals surface area (Å²) in [5, 5.41) is 0. The lowest BCUT2D eigenvalue weighted by Crippen LogP contribution is -2.00. The number of Topliss-reactive ketones (excluding diaryl/α,β-unsaturated/α-hetero) is 1. The number of allylic oxidation sites excluding steroid dienone is 1. The summed E-state index contributed by atoms with van der Waals surface area (Å²) in [7, 11) is 3.09. The van der Waals surface area contributed by atoms with Gasteiger partial charge < -0.3 is 9.47 Å². The predicted molar refractivity (Wildman–Crippen MR) is 58.7 cm³/mol. The van der Waals surface area contributed by atoms with Gasteiger partial charge in [-0.25, -0.2) is 0 Å². The van der Waals surface area contributed by atoms with Gasteiger partial charge in [0.15, 0.2) is 17.3 Å². The van der Waals surface area contributed by atoms with Crippen LogP contribution >= 0.6 is 0 Å². The lowest BCUT2D eigenvalue weighted by atomic mass is 10.1. The molecule has 0 aliphatic heterocycles. The third kappa shape index (κ3) is 2.37. The molecule has 0 fully saturated rings. The second kappa shape index (κ2) is 4.64. The number of hydrogen-bond donors (Lipinski definition) is 0. The zero-order valence-electron chi connectivity index (χ0n) is 9.16. The maximum absolute atomic E-state index is 11.6. The van der Waals surface area contributed by atoms with Crippen molar-refractivity contribution in [1.29, 1.82) is 0 Å². The number of carbonyl (C=O) groups is 1. The molecule has 0 bridgehead atoms. The molecule has 80 valence electrons. The molecule has 0 saturated carbocycles. The van der Waals surface area contributed by atoms with E-state index >= 15 is 0 Å². The fourth-order valence-corrected chi connectivity index (χ4v) is 1.22. The molecule has 0 aliphatic rings. The molecule has 15 heavy (non-hydrogen) atoms. The molecule has 1 rings (SSSR count). The Kier molecular flexibility index (Phi) is 3.50. The number of methoxy groups -OCH3 is 2. The molecular weight excluding hydrogens is 192 g/mol. The molecule has 0 aromatic heterocycles. The maximum atomic E-state index is 11.6. The number of ketones is 1. The van der Waals surface area contributed by atoms with Crippen LogP contribution in [0.3, 0.4) is 0 Å². The monoisotopic (exact) mass is 206 g/mol. The number of carbonyl (C=O) groups excluding carboxylic acids is 1. The van der Waals surface area contributed by atoms with Crippen LogP contribution < -0.4 is 9.47 Å². The van der Waals surface area contributed by atoms with E-state index in [9.17, 15) is 4.79 Å². The van der Waals surface area contributed by atoms with Crippen LogP contribution in [0, 0.1) is 0 Å². The summed E-state index contributed by atoms with van der Waals surface area (Å²) in [5.41, 5.74) is 1.06. The molecule has 0 unspecified atom stereocenters. The molecule has 1 aromatic rings. The molecule has 0 amide bonds. The third-order valence-corrected chi connectivity index (χ3v) is 2.03. The van der Waals surface area contributed by atoms with Gasteiger partial charge in [-0.3, -0.25) is 4.79 Å². The van der Waals surface area contributed by atoms with Crippen molar-refractivity contribution < 1.29 is 14.3 Å². The van der Waals surface area contributed by atoms with Crippen LogP contribution in [0.5, 0.6) is 11.5 Å². The Bertz CT molecular complexity index is 394. The first-order chi connectivity index (χ1) is 7.10. The normalized spacial score (nSPS) is 9.53. The third-order valence-electron chi connectivity index (χ3n) is 2.03. The van der Waals surface area contributed by atoms with Crippen molar-refractivity contribution in [2.75, 3.05) is 14.2 Å². The van der Waals surface area contributed by atoms with Gasteiger partial charge >= 0.3 is 0 Å². The minimum Gasteiger partial charge on any atom is -0.493 e. The van der Waals surface area contributed by atoms with E-state index < -0.39 is 0 Å². The quantitative estimate of drug-likeness (QED) is 0.560. The summed E-state index contributed by atoms with van der Waals surface area (Å²) in [5.74, 6) is 1.07. The van der Waals surface area contributed by atoms with Gasteiger partial charge in [0, 0.05) is 5.56 Å². The lowest BCUT2D eigenvalue weighted by molar-refractivity contribution is 0.103. The van der Waals surface area contributed by atoms with Crippen LogP contribution in [0.15, 0.2) is 30.4 Å². The molecule has 0 atom stereocenters. The first-order valence-corrected chi connectivity index (χ1v) is 4.52. The Balaban J connectivity index is 3.13. The number of hydrogen-bond acceptors (Lipinski definition) is 3. The van der Waals surface area contributed by atoms with Crippen LogP contribution in [0.4, 0.5) is 0 Å². The van der Waals surface area contributed by atoms with Gasteiger partial charge in [-0.05, 0) is 30.7 Å². The molecule has 3 heteroatoms. The van der Waals surface area contributed by atoms with E-state index in [1.165, 1.54) is 7.11 Å². The first-order valence-electron chi connectivity index (χ1n) is 4.52. The van der Waals surface area contributed by atoms with Gasteiger partial charge in [-0.2, -0.15) is 0 Å². The van der Waals surface area contributed by atoms with Crippen LogP contribution in [-0.2, 0) is 0 Å². The molecule has 0 saturated heterocycles. The van der Waals surface area contributed by atoms with E-state index in [2.05, 4.69) is 6.58 Å². The first kappa shape index (κ1) is 11.3. The Hall–Kier alpha value is -1.77. The Morgan fingerprint density at radius 2 is 1.80 bits per heavy atom. The predicted octanol–water partition coefficient (Wildman–Crippen LogP) is 2.46. The SMILES string of the molecule is C=C(C)C(=O)c1ccc(OC)c(OC)c1. The topological polar surface area (TPSA) is 35.5 Å². The van der Waals surface area contributed by atoms with Gasteiger partial charge in [0.2, 0.25) is 0 Å². The van der Waals surface area contributed by atoms with Gasteiger partial charge in [0.05, 0.1) is 14.2 Å². The van der Waals surface area contributed by atoms with Crippen molar-refractivity contribution in [2.45, 2.75) is 6.92 Å². The number of benzene rings is 1. The number of rotatable bonds is 4. The van der Waals surface area contributed by atoms with Crippen molar-refractivity contribution in [2.24, 2.45) is 0 Å². The Morgan fingerprint density at radius 1 is 1.20 bits per heavy atom. The fourth-order valence-electron chi connectivity index (χ4n) is 1.22. The van der Waals surface area contributed by atoms with E-state index in [0.717, 1.165) is 0 Å². The van der Waals surface area contributed by atoms with Crippen molar-refractivity contribution in [3.8, 4) is 11.5 Å². The van der Waals surface area contributed by atoms with Crippen molar-refractivity contribution in [3.05, 3.63) is 35.9 Å². The van der Waals surface area contributed by atoms with E-state index in [-0.39, 0.29) is 5.78 Å². The highest BCUT2D eigenvalue weighted by molar-refractivity contribution is 6.08. The summed E-state index contributed by atoms with van der Waals surface area (Å²) >= 11 is 0. The van der Waals surface area contributed by atoms with Gasteiger partial charge in [-0.1, -0.05) is 6.58 Å². The van der Waals surface area contributed by atoms with E-state index in [0.29, 0.717) is 22.6 Å². The largest absolute Gasteiger partial charge is 0.493 e. The number of ether oxygens (including phenoxy) is 2. The zero-order chi connectivity index (χ0) is 11.4. The molecule has 0 heterocycles. The average Bonchev–Trinajstić information content (AvgIpc) is 2.26. The Morgan fingerprint density at radius 3 is 2.27 bits per heavy atom. The van der Waals surface area contributed by atoms with Gasteiger partial charge in [0.1, 0.15) is 0 Å². The smallest absolute Gasteiger partial charge is 0.188 e. The fraction of sp³-hybridized carbons (Fsp3) is 0.250. The summed E-state index contributed by atoms with van der Waals surface area (Å²) in [6.45, 7) is 5.29. The molecule has 3 nitrogen and oxygen atoms in total. The Labute approximate surface area is 89.3 Å². The summed E-state index contributed by atoms with van der Waals surface area (Å²) in [4.78, 5) is 11.6. The van der Waals surface area contributed by atoms with Crippen LogP contribution in [0.1, 0.15) is 17.3 Å². The zero-order valence-corrected chi connectivity index (χ0v) is 9.16. The molecule has 0 N–H and O–H groups in total. The van der Waals surface area contributed by atoms with Crippen molar-refractivity contribution in [1.82, 2.24) is 0 Å². The van der Waals surface area contributed by atoms with Crippen LogP contribution in [-0.4, -0.2) is 20.0 Å². The van der Waals surface area contributed by atoms with Gasteiger partial charge in [0.25, 0.3) is 0 Å². The highest BCUT2D eigenvalue weighted by atomic mass is 16.5. The van der Waals surface area contributed by atoms with Crippen molar-refractivity contribution in [3.63, 3.8) is 0 Å². The second-order valence-corrected chi connectivity index (χ2v) is 3.18. The average molecular weight is 206 g/mol. The highest BCUT2D eigenvalue weighted by Gasteiger charge is 2.10. The molecule has 0 radical (unpaired) electrons. The summed E-state index contributed by atoms with van der Waals surface area (Å²) < 4.78 is 10.2. The minimum absolute atomic E-state index is 0.0871. The van der Waals surface area contributed by atoms with Crippen LogP contribution in [0.2, 0.25) is 0 Å². The van der Waals surface area contributed by atoms with Crippen LogP contribution in [0.25, 0.3) is 0 Å². The summed E-state index contributed by atoms with van der Waals surface area (Å²) in [6.07, 6.45) is 0. The molecule has 0 aliphatic carbocycles. The standard InChI is InChI=1S/C12H14O3/c1-8(2)12(13)9-5-6-10(14-3)11(7-9)15-4/h5-7H,1H2,2-4H3. The molecular formula is C12H14O3. The molecule has 0 spiro atoms. The highest BCUT2D eigenvalue weighted by Crippen LogP contribution is 2.28. The van der Waals surface area contributed by atoms with E-state index in [1.807, 2.05) is 0 Å². The second-order valence-electron chi connectivity index (χ2n) is 3.18.